The molecule has 0 aromatic heterocycles. The third kappa shape index (κ3) is 5.80. The molecular weight excluding hydrogens is 238 g/mol. The van der Waals surface area contributed by atoms with Crippen LogP contribution in [0.5, 0.6) is 0 Å². The minimum atomic E-state index is 0.264. The summed E-state index contributed by atoms with van der Waals surface area (Å²) in [6, 6.07) is 0.498. The van der Waals surface area contributed by atoms with Gasteiger partial charge in [0.05, 0.1) is 12.2 Å². The predicted molar refractivity (Wildman–Crippen MR) is 80.5 cm³/mol. The molecule has 1 rings (SSSR count). The highest BCUT2D eigenvalue weighted by Crippen LogP contribution is 2.28. The van der Waals surface area contributed by atoms with Gasteiger partial charge in [-0.05, 0) is 38.1 Å². The van der Waals surface area contributed by atoms with Crippen LogP contribution in [0.15, 0.2) is 0 Å². The van der Waals surface area contributed by atoms with E-state index in [1.807, 2.05) is 0 Å². The van der Waals surface area contributed by atoms with E-state index in [9.17, 15) is 0 Å². The Morgan fingerprint density at radius 2 is 1.89 bits per heavy atom. The number of hydrogen-bond donors (Lipinski definition) is 1. The lowest BCUT2D eigenvalue weighted by Gasteiger charge is -2.44. The number of ether oxygens (including phenoxy) is 2. The van der Waals surface area contributed by atoms with Gasteiger partial charge in [-0.25, -0.2) is 0 Å². The summed E-state index contributed by atoms with van der Waals surface area (Å²) < 4.78 is 12.0. The Kier molecular flexibility index (Phi) is 8.67. The highest BCUT2D eigenvalue weighted by Gasteiger charge is 2.42. The quantitative estimate of drug-likeness (QED) is 0.625. The first kappa shape index (κ1) is 16.9. The fraction of sp³-hybridized carbons (Fsp3) is 1.00. The Hall–Kier alpha value is -0.120. The van der Waals surface area contributed by atoms with Crippen molar-refractivity contribution in [2.24, 2.45) is 5.92 Å². The summed E-state index contributed by atoms with van der Waals surface area (Å²) in [6.07, 6.45) is 6.43. The normalized spacial score (nSPS) is 28.1. The molecule has 19 heavy (non-hydrogen) atoms. The predicted octanol–water partition coefficient (Wildman–Crippen LogP) is 3.37. The van der Waals surface area contributed by atoms with Crippen molar-refractivity contribution in [1.29, 1.82) is 0 Å². The molecular formula is C16H33NO2. The van der Waals surface area contributed by atoms with Gasteiger partial charge in [-0.1, -0.05) is 34.1 Å². The fourth-order valence-electron chi connectivity index (χ4n) is 2.62. The van der Waals surface area contributed by atoms with Crippen LogP contribution in [0, 0.1) is 5.92 Å². The molecule has 0 spiro atoms. The Morgan fingerprint density at radius 3 is 2.53 bits per heavy atom. The van der Waals surface area contributed by atoms with E-state index in [1.54, 1.807) is 0 Å². The van der Waals surface area contributed by atoms with Gasteiger partial charge in [0.15, 0.2) is 0 Å². The molecule has 1 fully saturated rings. The lowest BCUT2D eigenvalue weighted by Crippen LogP contribution is -2.60. The minimum Gasteiger partial charge on any atom is -0.375 e. The monoisotopic (exact) mass is 271 g/mol. The second-order valence-electron chi connectivity index (χ2n) is 5.90. The molecule has 1 saturated carbocycles. The lowest BCUT2D eigenvalue weighted by molar-refractivity contribution is -0.151. The van der Waals surface area contributed by atoms with Crippen LogP contribution in [0.25, 0.3) is 0 Å². The first-order valence-corrected chi connectivity index (χ1v) is 8.19. The maximum Gasteiger partial charge on any atom is 0.0990 e. The van der Waals surface area contributed by atoms with Crippen LogP contribution in [0.3, 0.4) is 0 Å². The summed E-state index contributed by atoms with van der Waals surface area (Å²) in [7, 11) is 0. The largest absolute Gasteiger partial charge is 0.375 e. The zero-order valence-corrected chi connectivity index (χ0v) is 13.3. The summed E-state index contributed by atoms with van der Waals surface area (Å²) in [4.78, 5) is 0. The Balaban J connectivity index is 2.28. The van der Waals surface area contributed by atoms with Gasteiger partial charge in [-0.3, -0.25) is 0 Å². The van der Waals surface area contributed by atoms with Crippen molar-refractivity contribution in [3.05, 3.63) is 0 Å². The number of nitrogens with one attached hydrogen (secondary N) is 1. The second kappa shape index (κ2) is 9.73. The Bertz CT molecular complexity index is 223. The first-order valence-electron chi connectivity index (χ1n) is 8.19. The van der Waals surface area contributed by atoms with Crippen molar-refractivity contribution < 1.29 is 9.47 Å². The van der Waals surface area contributed by atoms with Crippen molar-refractivity contribution in [2.75, 3.05) is 19.8 Å². The molecule has 0 saturated heterocycles. The van der Waals surface area contributed by atoms with Crippen molar-refractivity contribution >= 4 is 0 Å². The molecule has 0 heterocycles. The van der Waals surface area contributed by atoms with Crippen molar-refractivity contribution in [2.45, 2.75) is 78.0 Å². The van der Waals surface area contributed by atoms with Crippen LogP contribution in [-0.2, 0) is 9.47 Å². The molecule has 0 amide bonds. The van der Waals surface area contributed by atoms with E-state index < -0.39 is 0 Å². The van der Waals surface area contributed by atoms with Crippen LogP contribution < -0.4 is 5.32 Å². The zero-order valence-electron chi connectivity index (χ0n) is 13.3. The Morgan fingerprint density at radius 1 is 1.11 bits per heavy atom. The van der Waals surface area contributed by atoms with E-state index in [2.05, 4.69) is 33.0 Å². The molecule has 4 unspecified atom stereocenters. The second-order valence-corrected chi connectivity index (χ2v) is 5.90. The van der Waals surface area contributed by atoms with E-state index in [0.717, 1.165) is 32.6 Å². The molecule has 114 valence electrons. The summed E-state index contributed by atoms with van der Waals surface area (Å²) in [6.45, 7) is 11.7. The van der Waals surface area contributed by atoms with Gasteiger partial charge >= 0.3 is 0 Å². The molecule has 0 aliphatic heterocycles. The topological polar surface area (TPSA) is 30.5 Å². The molecule has 1 aliphatic carbocycles. The van der Waals surface area contributed by atoms with Crippen molar-refractivity contribution in [1.82, 2.24) is 5.32 Å². The van der Waals surface area contributed by atoms with Crippen LogP contribution >= 0.6 is 0 Å². The smallest absolute Gasteiger partial charge is 0.0990 e. The maximum atomic E-state index is 6.05. The third-order valence-corrected chi connectivity index (χ3v) is 3.80. The van der Waals surface area contributed by atoms with E-state index >= 15 is 0 Å². The SMILES string of the molecule is CCCNC1CC(OCC(C)CCC)C1OCCC. The van der Waals surface area contributed by atoms with E-state index in [-0.39, 0.29) is 6.10 Å². The van der Waals surface area contributed by atoms with Crippen LogP contribution in [0.4, 0.5) is 0 Å². The molecule has 4 atom stereocenters. The average Bonchev–Trinajstić information content (AvgIpc) is 2.38. The summed E-state index contributed by atoms with van der Waals surface area (Å²) in [5.74, 6) is 0.666. The van der Waals surface area contributed by atoms with Gasteiger partial charge in [-0.15, -0.1) is 0 Å². The van der Waals surface area contributed by atoms with Crippen molar-refractivity contribution in [3.63, 3.8) is 0 Å². The molecule has 0 radical (unpaired) electrons. The van der Waals surface area contributed by atoms with E-state index in [0.29, 0.717) is 18.1 Å². The molecule has 3 nitrogen and oxygen atoms in total. The van der Waals surface area contributed by atoms with Gasteiger partial charge in [-0.2, -0.15) is 0 Å². The average molecular weight is 271 g/mol. The van der Waals surface area contributed by atoms with Crippen molar-refractivity contribution in [3.8, 4) is 0 Å². The van der Waals surface area contributed by atoms with Crippen LogP contribution in [-0.4, -0.2) is 38.0 Å². The molecule has 1 aliphatic rings. The van der Waals surface area contributed by atoms with Gasteiger partial charge in [0.2, 0.25) is 0 Å². The Labute approximate surface area is 119 Å². The highest BCUT2D eigenvalue weighted by molar-refractivity contribution is 4.97. The summed E-state index contributed by atoms with van der Waals surface area (Å²) in [5.41, 5.74) is 0. The third-order valence-electron chi connectivity index (χ3n) is 3.80. The van der Waals surface area contributed by atoms with Gasteiger partial charge in [0.1, 0.15) is 0 Å². The zero-order chi connectivity index (χ0) is 14.1. The van der Waals surface area contributed by atoms with Crippen LogP contribution in [0.1, 0.15) is 59.8 Å². The van der Waals surface area contributed by atoms with Gasteiger partial charge in [0.25, 0.3) is 0 Å². The van der Waals surface area contributed by atoms with Gasteiger partial charge in [0, 0.05) is 19.3 Å². The lowest BCUT2D eigenvalue weighted by atomic mass is 9.85. The molecule has 0 aromatic carbocycles. The highest BCUT2D eigenvalue weighted by atomic mass is 16.5. The van der Waals surface area contributed by atoms with Crippen LogP contribution in [0.2, 0.25) is 0 Å². The standard InChI is InChI=1S/C16H33NO2/c1-5-8-13(4)12-19-15-11-14(17-9-6-2)16(15)18-10-7-3/h13-17H,5-12H2,1-4H3. The summed E-state index contributed by atoms with van der Waals surface area (Å²) >= 11 is 0. The number of rotatable bonds is 11. The fourth-order valence-corrected chi connectivity index (χ4v) is 2.62. The van der Waals surface area contributed by atoms with E-state index in [4.69, 9.17) is 9.47 Å². The molecule has 0 aromatic rings. The maximum absolute atomic E-state index is 6.05. The van der Waals surface area contributed by atoms with E-state index in [1.165, 1.54) is 19.3 Å². The minimum absolute atomic E-state index is 0.264. The molecule has 0 bridgehead atoms. The summed E-state index contributed by atoms with van der Waals surface area (Å²) in [5, 5.41) is 3.57. The molecule has 1 N–H and O–H groups in total. The first-order chi connectivity index (χ1) is 9.22. The number of hydrogen-bond acceptors (Lipinski definition) is 3. The van der Waals surface area contributed by atoms with Gasteiger partial charge < -0.3 is 14.8 Å². The molecule has 3 heteroatoms.